The third kappa shape index (κ3) is 3.62. The summed E-state index contributed by atoms with van der Waals surface area (Å²) in [5.74, 6) is -1.68. The molecule has 0 spiro atoms. The van der Waals surface area contributed by atoms with Gasteiger partial charge in [-0.2, -0.15) is 0 Å². The third-order valence-corrected chi connectivity index (χ3v) is 6.07. The van der Waals surface area contributed by atoms with E-state index in [0.717, 1.165) is 16.7 Å². The Labute approximate surface area is 185 Å². The molecule has 0 aliphatic carbocycles. The third-order valence-electron chi connectivity index (χ3n) is 5.66. The fraction of sp³-hybridized carbons (Fsp3) is 0.160. The minimum atomic E-state index is -0.825. The molecule has 0 saturated carbocycles. The first kappa shape index (κ1) is 20.8. The molecular formula is C25H21ClN2O3. The van der Waals surface area contributed by atoms with Crippen LogP contribution in [0.5, 0.6) is 0 Å². The van der Waals surface area contributed by atoms with Crippen molar-refractivity contribution in [3.8, 4) is 0 Å². The summed E-state index contributed by atoms with van der Waals surface area (Å²) in [4.78, 5) is 31.8. The molecule has 2 heterocycles. The normalized spacial score (nSPS) is 17.9. The van der Waals surface area contributed by atoms with Gasteiger partial charge < -0.3 is 5.11 Å². The zero-order chi connectivity index (χ0) is 22.3. The average molecular weight is 433 g/mol. The maximum atomic E-state index is 13.1. The quantitative estimate of drug-likeness (QED) is 0.347. The highest BCUT2D eigenvalue weighted by Gasteiger charge is 2.47. The van der Waals surface area contributed by atoms with Crippen LogP contribution in [0, 0.1) is 20.8 Å². The highest BCUT2D eigenvalue weighted by atomic mass is 35.5. The van der Waals surface area contributed by atoms with E-state index in [1.807, 2.05) is 26.8 Å². The van der Waals surface area contributed by atoms with Crippen molar-refractivity contribution in [2.24, 2.45) is 0 Å². The van der Waals surface area contributed by atoms with Crippen molar-refractivity contribution in [2.45, 2.75) is 26.8 Å². The van der Waals surface area contributed by atoms with Crippen molar-refractivity contribution in [1.29, 1.82) is 0 Å². The fourth-order valence-corrected chi connectivity index (χ4v) is 3.90. The van der Waals surface area contributed by atoms with E-state index in [2.05, 4.69) is 4.98 Å². The minimum absolute atomic E-state index is 0.0259. The Morgan fingerprint density at radius 1 is 1.00 bits per heavy atom. The van der Waals surface area contributed by atoms with Crippen LogP contribution in [0.3, 0.4) is 0 Å². The van der Waals surface area contributed by atoms with Gasteiger partial charge >= 0.3 is 0 Å². The van der Waals surface area contributed by atoms with Gasteiger partial charge in [0.2, 0.25) is 0 Å². The molecule has 1 saturated heterocycles. The van der Waals surface area contributed by atoms with E-state index in [1.54, 1.807) is 54.9 Å². The first-order valence-electron chi connectivity index (χ1n) is 9.84. The summed E-state index contributed by atoms with van der Waals surface area (Å²) < 4.78 is 0. The van der Waals surface area contributed by atoms with Crippen LogP contribution >= 0.6 is 11.6 Å². The monoisotopic (exact) mass is 432 g/mol. The number of anilines is 1. The summed E-state index contributed by atoms with van der Waals surface area (Å²) in [5, 5.41) is 11.6. The molecular weight excluding hydrogens is 412 g/mol. The lowest BCUT2D eigenvalue weighted by molar-refractivity contribution is -0.132. The first-order chi connectivity index (χ1) is 14.8. The summed E-state index contributed by atoms with van der Waals surface area (Å²) in [7, 11) is 0. The van der Waals surface area contributed by atoms with Crippen LogP contribution in [0.2, 0.25) is 5.02 Å². The number of ketones is 1. The fourth-order valence-electron chi connectivity index (χ4n) is 3.73. The van der Waals surface area contributed by atoms with E-state index < -0.39 is 17.7 Å². The van der Waals surface area contributed by atoms with Gasteiger partial charge in [0.25, 0.3) is 11.7 Å². The Hall–Kier alpha value is -3.44. The number of Topliss-reactive ketones (excluding diaryl/α,β-unsaturated/α-hetero) is 1. The molecule has 31 heavy (non-hydrogen) atoms. The van der Waals surface area contributed by atoms with Gasteiger partial charge in [-0.15, -0.1) is 0 Å². The molecule has 4 rings (SSSR count). The molecule has 1 aliphatic rings. The van der Waals surface area contributed by atoms with Crippen LogP contribution in [0.15, 0.2) is 66.5 Å². The molecule has 1 amide bonds. The maximum Gasteiger partial charge on any atom is 0.300 e. The maximum absolute atomic E-state index is 13.1. The van der Waals surface area contributed by atoms with Gasteiger partial charge in [0.15, 0.2) is 0 Å². The van der Waals surface area contributed by atoms with Crippen LogP contribution in [-0.4, -0.2) is 21.8 Å². The number of rotatable bonds is 3. The number of benzene rings is 2. The van der Waals surface area contributed by atoms with Gasteiger partial charge in [-0.25, -0.2) is 0 Å². The number of aliphatic hydroxyl groups excluding tert-OH is 1. The molecule has 0 bridgehead atoms. The standard InChI is InChI=1S/C25H21ClN2O3/c1-14-6-8-17(11-16(14)3)23(29)21-22(18-5-4-10-27-13-18)28(25(31)24(21)30)19-9-7-15(2)20(26)12-19/h4-13,22,29H,1-3H3/b23-21+. The van der Waals surface area contributed by atoms with Gasteiger partial charge in [0.05, 0.1) is 11.6 Å². The number of halogens is 1. The number of carbonyl (C=O) groups is 2. The molecule has 156 valence electrons. The number of aliphatic hydroxyl groups is 1. The highest BCUT2D eigenvalue weighted by molar-refractivity contribution is 6.51. The second kappa shape index (κ2) is 8.00. The van der Waals surface area contributed by atoms with Crippen LogP contribution in [-0.2, 0) is 9.59 Å². The summed E-state index contributed by atoms with van der Waals surface area (Å²) >= 11 is 6.30. The number of pyridine rings is 1. The van der Waals surface area contributed by atoms with E-state index in [4.69, 9.17) is 11.6 Å². The SMILES string of the molecule is Cc1ccc(/C(O)=C2\C(=O)C(=O)N(c3ccc(C)c(Cl)c3)C2c2cccnc2)cc1C. The summed E-state index contributed by atoms with van der Waals surface area (Å²) in [5.41, 5.74) is 4.50. The van der Waals surface area contributed by atoms with E-state index in [1.165, 1.54) is 4.90 Å². The predicted octanol–water partition coefficient (Wildman–Crippen LogP) is 5.29. The molecule has 6 heteroatoms. The molecule has 0 radical (unpaired) electrons. The molecule has 5 nitrogen and oxygen atoms in total. The molecule has 3 aromatic rings. The second-order valence-corrected chi connectivity index (χ2v) is 8.10. The number of hydrogen-bond donors (Lipinski definition) is 1. The molecule has 1 N–H and O–H groups in total. The number of carbonyl (C=O) groups excluding carboxylic acids is 2. The van der Waals surface area contributed by atoms with Gasteiger partial charge in [-0.3, -0.25) is 19.5 Å². The van der Waals surface area contributed by atoms with Crippen molar-refractivity contribution in [1.82, 2.24) is 4.98 Å². The Morgan fingerprint density at radius 2 is 1.74 bits per heavy atom. The van der Waals surface area contributed by atoms with Gasteiger partial charge in [-0.05, 0) is 67.3 Å². The van der Waals surface area contributed by atoms with Crippen LogP contribution in [0.4, 0.5) is 5.69 Å². The van der Waals surface area contributed by atoms with Crippen molar-refractivity contribution in [3.63, 3.8) is 0 Å². The molecule has 1 aromatic heterocycles. The van der Waals surface area contributed by atoms with Gasteiger partial charge in [-0.1, -0.05) is 35.9 Å². The van der Waals surface area contributed by atoms with Gasteiger partial charge in [0, 0.05) is 28.7 Å². The largest absolute Gasteiger partial charge is 0.507 e. The Bertz CT molecular complexity index is 1230. The minimum Gasteiger partial charge on any atom is -0.507 e. The number of aromatic nitrogens is 1. The van der Waals surface area contributed by atoms with Crippen LogP contribution in [0.1, 0.15) is 33.9 Å². The first-order valence-corrected chi connectivity index (χ1v) is 10.2. The van der Waals surface area contributed by atoms with E-state index in [9.17, 15) is 14.7 Å². The zero-order valence-electron chi connectivity index (χ0n) is 17.4. The number of nitrogens with zero attached hydrogens (tertiary/aromatic N) is 2. The number of amides is 1. The average Bonchev–Trinajstić information content (AvgIpc) is 3.03. The van der Waals surface area contributed by atoms with E-state index in [0.29, 0.717) is 21.8 Å². The summed E-state index contributed by atoms with van der Waals surface area (Å²) in [6, 6.07) is 13.3. The lowest BCUT2D eigenvalue weighted by atomic mass is 9.95. The van der Waals surface area contributed by atoms with Crippen molar-refractivity contribution in [2.75, 3.05) is 4.90 Å². The molecule has 1 fully saturated rings. The van der Waals surface area contributed by atoms with Crippen molar-refractivity contribution < 1.29 is 14.7 Å². The van der Waals surface area contributed by atoms with E-state index in [-0.39, 0.29) is 11.3 Å². The van der Waals surface area contributed by atoms with Crippen molar-refractivity contribution >= 4 is 34.7 Å². The zero-order valence-corrected chi connectivity index (χ0v) is 18.1. The predicted molar refractivity (Wildman–Crippen MR) is 121 cm³/mol. The Kier molecular flexibility index (Phi) is 5.38. The summed E-state index contributed by atoms with van der Waals surface area (Å²) in [6.45, 7) is 5.75. The lowest BCUT2D eigenvalue weighted by Gasteiger charge is -2.25. The molecule has 1 aliphatic heterocycles. The van der Waals surface area contributed by atoms with Crippen LogP contribution in [0.25, 0.3) is 5.76 Å². The lowest BCUT2D eigenvalue weighted by Crippen LogP contribution is -2.29. The second-order valence-electron chi connectivity index (χ2n) is 7.69. The van der Waals surface area contributed by atoms with Crippen LogP contribution < -0.4 is 4.90 Å². The summed E-state index contributed by atoms with van der Waals surface area (Å²) in [6.07, 6.45) is 3.20. The van der Waals surface area contributed by atoms with E-state index >= 15 is 0 Å². The highest BCUT2D eigenvalue weighted by Crippen LogP contribution is 2.42. The number of hydrogen-bond acceptors (Lipinski definition) is 4. The molecule has 1 unspecified atom stereocenters. The smallest absolute Gasteiger partial charge is 0.300 e. The topological polar surface area (TPSA) is 70.5 Å². The van der Waals surface area contributed by atoms with Crippen molar-refractivity contribution in [3.05, 3.63) is 99.3 Å². The Balaban J connectivity index is 1.95. The number of aryl methyl sites for hydroxylation is 3. The van der Waals surface area contributed by atoms with Gasteiger partial charge in [0.1, 0.15) is 5.76 Å². The molecule has 1 atom stereocenters. The Morgan fingerprint density at radius 3 is 2.39 bits per heavy atom. The molecule has 2 aromatic carbocycles.